The zero-order valence-electron chi connectivity index (χ0n) is 20.7. The van der Waals surface area contributed by atoms with Gasteiger partial charge in [0, 0.05) is 32.3 Å². The highest BCUT2D eigenvalue weighted by molar-refractivity contribution is 7.92. The maximum absolute atomic E-state index is 15.5. The largest absolute Gasteiger partial charge is 0.381 e. The molecule has 0 radical (unpaired) electrons. The number of ether oxygens (including phenoxy) is 1. The van der Waals surface area contributed by atoms with E-state index in [-0.39, 0.29) is 18.4 Å². The molecule has 2 saturated heterocycles. The zero-order valence-corrected chi connectivity index (χ0v) is 21.5. The number of sulfone groups is 1. The molecule has 3 atom stereocenters. The first kappa shape index (κ1) is 25.4. The van der Waals surface area contributed by atoms with E-state index in [2.05, 4.69) is 10.6 Å². The number of carbonyl (C=O) groups is 1. The van der Waals surface area contributed by atoms with E-state index in [4.69, 9.17) is 4.74 Å². The summed E-state index contributed by atoms with van der Waals surface area (Å²) in [7, 11) is -3.56. The summed E-state index contributed by atoms with van der Waals surface area (Å²) < 4.78 is 48.3. The molecule has 0 bridgehead atoms. The predicted octanol–water partition coefficient (Wildman–Crippen LogP) is 3.46. The molecule has 1 aliphatic carbocycles. The average Bonchev–Trinajstić information content (AvgIpc) is 3.71. The molecule has 2 aliphatic heterocycles. The topological polar surface area (TPSA) is 84.5 Å². The van der Waals surface area contributed by atoms with Crippen LogP contribution in [0.25, 0.3) is 0 Å². The SMILES string of the molecule is C[C@@H]1NC[C@@H](c2ccccc2)S(=O)(=O)C1Cc1ccc(C2(C(=O)NCC3CC3)CCOCC2)cc1F. The van der Waals surface area contributed by atoms with E-state index in [0.717, 1.165) is 18.4 Å². The van der Waals surface area contributed by atoms with Crippen LogP contribution in [0.2, 0.25) is 0 Å². The summed E-state index contributed by atoms with van der Waals surface area (Å²) in [5, 5.41) is 4.99. The predicted molar refractivity (Wildman–Crippen MR) is 137 cm³/mol. The van der Waals surface area contributed by atoms with Crippen molar-refractivity contribution in [1.29, 1.82) is 0 Å². The van der Waals surface area contributed by atoms with Crippen LogP contribution in [0, 0.1) is 11.7 Å². The third-order valence-electron chi connectivity index (χ3n) is 8.23. The number of hydrogen-bond acceptors (Lipinski definition) is 5. The summed E-state index contributed by atoms with van der Waals surface area (Å²) in [5.41, 5.74) is 0.920. The molecule has 1 unspecified atom stereocenters. The van der Waals surface area contributed by atoms with E-state index in [9.17, 15) is 13.2 Å². The molecule has 8 heteroatoms. The Balaban J connectivity index is 1.39. The molecular weight excluding hydrogens is 479 g/mol. The number of halogens is 1. The van der Waals surface area contributed by atoms with E-state index >= 15 is 4.39 Å². The maximum Gasteiger partial charge on any atom is 0.230 e. The first-order valence-electron chi connectivity index (χ1n) is 13.0. The van der Waals surface area contributed by atoms with E-state index < -0.39 is 31.6 Å². The summed E-state index contributed by atoms with van der Waals surface area (Å²) >= 11 is 0. The normalized spacial score (nSPS) is 27.3. The monoisotopic (exact) mass is 514 g/mol. The molecule has 2 N–H and O–H groups in total. The lowest BCUT2D eigenvalue weighted by Crippen LogP contribution is -2.53. The highest BCUT2D eigenvalue weighted by Gasteiger charge is 2.44. The molecule has 0 spiro atoms. The highest BCUT2D eigenvalue weighted by Crippen LogP contribution is 2.38. The van der Waals surface area contributed by atoms with Crippen LogP contribution in [0.15, 0.2) is 48.5 Å². The Kier molecular flexibility index (Phi) is 7.21. The Morgan fingerprint density at radius 2 is 1.86 bits per heavy atom. The second-order valence-electron chi connectivity index (χ2n) is 10.6. The number of carbonyl (C=O) groups excluding carboxylic acids is 1. The van der Waals surface area contributed by atoms with Crippen molar-refractivity contribution in [3.8, 4) is 0 Å². The lowest BCUT2D eigenvalue weighted by Gasteiger charge is -2.37. The number of rotatable bonds is 7. The molecule has 2 heterocycles. The Morgan fingerprint density at radius 3 is 2.53 bits per heavy atom. The fraction of sp³-hybridized carbons (Fsp3) is 0.536. The minimum atomic E-state index is -3.56. The van der Waals surface area contributed by atoms with Crippen molar-refractivity contribution in [2.45, 2.75) is 61.0 Å². The molecule has 6 nitrogen and oxygen atoms in total. The van der Waals surface area contributed by atoms with Crippen LogP contribution in [0.4, 0.5) is 4.39 Å². The third kappa shape index (κ3) is 4.95. The van der Waals surface area contributed by atoms with Gasteiger partial charge in [-0.2, -0.15) is 0 Å². The van der Waals surface area contributed by atoms with Gasteiger partial charge in [0.15, 0.2) is 9.84 Å². The number of nitrogens with one attached hydrogen (secondary N) is 2. The van der Waals surface area contributed by atoms with Gasteiger partial charge in [0.2, 0.25) is 5.91 Å². The van der Waals surface area contributed by atoms with Crippen LogP contribution in [-0.4, -0.2) is 51.9 Å². The molecule has 3 aliphatic rings. The fourth-order valence-electron chi connectivity index (χ4n) is 5.63. The lowest BCUT2D eigenvalue weighted by atomic mass is 9.73. The van der Waals surface area contributed by atoms with Gasteiger partial charge in [-0.05, 0) is 67.7 Å². The summed E-state index contributed by atoms with van der Waals surface area (Å²) in [4.78, 5) is 13.3. The first-order valence-corrected chi connectivity index (χ1v) is 14.6. The van der Waals surface area contributed by atoms with Crippen LogP contribution < -0.4 is 10.6 Å². The van der Waals surface area contributed by atoms with Gasteiger partial charge in [-0.3, -0.25) is 4.79 Å². The number of amides is 1. The second kappa shape index (κ2) is 10.2. The molecule has 0 aromatic heterocycles. The summed E-state index contributed by atoms with van der Waals surface area (Å²) in [6, 6.07) is 13.8. The van der Waals surface area contributed by atoms with Crippen molar-refractivity contribution in [2.24, 2.45) is 5.92 Å². The molecule has 36 heavy (non-hydrogen) atoms. The van der Waals surface area contributed by atoms with E-state index in [0.29, 0.717) is 56.2 Å². The van der Waals surface area contributed by atoms with Crippen LogP contribution in [-0.2, 0) is 31.2 Å². The molecule has 5 rings (SSSR count). The minimum Gasteiger partial charge on any atom is -0.381 e. The Bertz CT molecular complexity index is 1190. The van der Waals surface area contributed by atoms with Crippen LogP contribution in [0.5, 0.6) is 0 Å². The van der Waals surface area contributed by atoms with Crippen molar-refractivity contribution in [3.63, 3.8) is 0 Å². The van der Waals surface area contributed by atoms with E-state index in [1.54, 1.807) is 6.07 Å². The summed E-state index contributed by atoms with van der Waals surface area (Å²) in [6.45, 7) is 3.74. The Labute approximate surface area is 212 Å². The molecule has 1 amide bonds. The van der Waals surface area contributed by atoms with Crippen molar-refractivity contribution < 1.29 is 22.3 Å². The number of hydrogen-bond donors (Lipinski definition) is 2. The first-order chi connectivity index (χ1) is 17.3. The van der Waals surface area contributed by atoms with Crippen molar-refractivity contribution in [1.82, 2.24) is 10.6 Å². The van der Waals surface area contributed by atoms with Gasteiger partial charge >= 0.3 is 0 Å². The third-order valence-corrected chi connectivity index (χ3v) is 10.9. The van der Waals surface area contributed by atoms with Gasteiger partial charge in [0.05, 0.1) is 15.9 Å². The van der Waals surface area contributed by atoms with Gasteiger partial charge in [-0.25, -0.2) is 12.8 Å². The van der Waals surface area contributed by atoms with E-state index in [1.165, 1.54) is 6.07 Å². The molecular formula is C28H35FN2O4S. The van der Waals surface area contributed by atoms with Gasteiger partial charge in [0.1, 0.15) is 5.82 Å². The Morgan fingerprint density at radius 1 is 1.14 bits per heavy atom. The van der Waals surface area contributed by atoms with Crippen LogP contribution in [0.1, 0.15) is 54.5 Å². The average molecular weight is 515 g/mol. The fourth-order valence-corrected chi connectivity index (χ4v) is 7.99. The smallest absolute Gasteiger partial charge is 0.230 e. The van der Waals surface area contributed by atoms with Gasteiger partial charge in [-0.1, -0.05) is 42.5 Å². The van der Waals surface area contributed by atoms with Crippen molar-refractivity contribution in [3.05, 3.63) is 71.0 Å². The molecule has 3 fully saturated rings. The van der Waals surface area contributed by atoms with Gasteiger partial charge in [-0.15, -0.1) is 0 Å². The lowest BCUT2D eigenvalue weighted by molar-refractivity contribution is -0.130. The maximum atomic E-state index is 15.5. The standard InChI is InChI=1S/C28H35FN2O4S/c1-19-25(36(33,34)26(18-30-19)21-5-3-2-4-6-21)15-22-9-10-23(16-24(22)29)28(11-13-35-14-12-28)27(32)31-17-20-7-8-20/h2-6,9-10,16,19-20,25-26,30H,7-8,11-15,17-18H2,1H3,(H,31,32)/t19-,25?,26-/m0/s1. The van der Waals surface area contributed by atoms with Crippen molar-refractivity contribution in [2.75, 3.05) is 26.3 Å². The summed E-state index contributed by atoms with van der Waals surface area (Å²) in [5.74, 6) is 0.0264. The van der Waals surface area contributed by atoms with Gasteiger partial charge in [0.25, 0.3) is 0 Å². The molecule has 194 valence electrons. The zero-order chi connectivity index (χ0) is 25.3. The molecule has 1 saturated carbocycles. The number of benzene rings is 2. The summed E-state index contributed by atoms with van der Waals surface area (Å²) in [6.07, 6.45) is 3.36. The van der Waals surface area contributed by atoms with Crippen molar-refractivity contribution >= 4 is 15.7 Å². The van der Waals surface area contributed by atoms with E-state index in [1.807, 2.05) is 43.3 Å². The Hall–Kier alpha value is -2.29. The minimum absolute atomic E-state index is 0.0665. The highest BCUT2D eigenvalue weighted by atomic mass is 32.2. The quantitative estimate of drug-likeness (QED) is 0.591. The van der Waals surface area contributed by atoms with Crippen LogP contribution >= 0.6 is 0 Å². The molecule has 2 aromatic carbocycles. The van der Waals surface area contributed by atoms with Crippen LogP contribution in [0.3, 0.4) is 0 Å². The van der Waals surface area contributed by atoms with Gasteiger partial charge < -0.3 is 15.4 Å². The molecule has 2 aromatic rings. The second-order valence-corrected chi connectivity index (χ2v) is 12.9.